The predicted octanol–water partition coefficient (Wildman–Crippen LogP) is 1.02. The molecule has 34 valence electrons. The number of hydrogen-bond donors (Lipinski definition) is 1. The van der Waals surface area contributed by atoms with Crippen molar-refractivity contribution in [3.8, 4) is 0 Å². The molecule has 1 nitrogen and oxygen atoms in total. The van der Waals surface area contributed by atoms with Gasteiger partial charge >= 0.3 is 0 Å². The Morgan fingerprint density at radius 2 is 2.50 bits per heavy atom. The molecule has 0 unspecified atom stereocenters. The van der Waals surface area contributed by atoms with Crippen molar-refractivity contribution in [1.82, 2.24) is 0 Å². The maximum Gasteiger partial charge on any atom is 0.189 e. The van der Waals surface area contributed by atoms with Crippen LogP contribution in [-0.2, 0) is 4.79 Å². The van der Waals surface area contributed by atoms with Gasteiger partial charge in [-0.15, -0.1) is 19.2 Å². The second-order valence-electron chi connectivity index (χ2n) is 0.887. The highest BCUT2D eigenvalue weighted by Gasteiger charge is 1.81. The van der Waals surface area contributed by atoms with Gasteiger partial charge < -0.3 is 0 Å². The summed E-state index contributed by atoms with van der Waals surface area (Å²) in [5.41, 5.74) is 0. The molecule has 0 N–H and O–H groups in total. The van der Waals surface area contributed by atoms with Gasteiger partial charge in [0.05, 0.1) is 0 Å². The largest absolute Gasteiger partial charge is 0.287 e. The quantitative estimate of drug-likeness (QED) is 0.407. The van der Waals surface area contributed by atoms with E-state index in [2.05, 4.69) is 19.2 Å². The van der Waals surface area contributed by atoms with Crippen molar-refractivity contribution < 1.29 is 4.79 Å². The first-order valence-electron chi connectivity index (χ1n) is 1.60. The summed E-state index contributed by atoms with van der Waals surface area (Å²) in [6.07, 6.45) is 1.89. The van der Waals surface area contributed by atoms with Gasteiger partial charge in [-0.3, -0.25) is 4.79 Å². The third-order valence-electron chi connectivity index (χ3n) is 0.319. The fraction of sp³-hybridized carbons (Fsp3) is 0.250. The average molecular weight is 102 g/mol. The van der Waals surface area contributed by atoms with Crippen molar-refractivity contribution in [2.75, 3.05) is 0 Å². The van der Waals surface area contributed by atoms with E-state index in [1.165, 1.54) is 6.08 Å². The highest BCUT2D eigenvalue weighted by molar-refractivity contribution is 7.96. The van der Waals surface area contributed by atoms with E-state index < -0.39 is 0 Å². The normalized spacial score (nSPS) is 7.50. The zero-order chi connectivity index (χ0) is 4.99. The van der Waals surface area contributed by atoms with Crippen LogP contribution in [0.1, 0.15) is 6.42 Å². The Bertz CT molecular complexity index is 67.9. The lowest BCUT2D eigenvalue weighted by atomic mass is 10.5. The van der Waals surface area contributed by atoms with E-state index in [0.717, 1.165) is 0 Å². The summed E-state index contributed by atoms with van der Waals surface area (Å²) in [6.45, 7) is 3.33. The molecule has 0 saturated carbocycles. The van der Waals surface area contributed by atoms with Gasteiger partial charge in [-0.25, -0.2) is 0 Å². The summed E-state index contributed by atoms with van der Waals surface area (Å²) in [7, 11) is 0. The highest BCUT2D eigenvalue weighted by atomic mass is 32.1. The van der Waals surface area contributed by atoms with Crippen LogP contribution < -0.4 is 0 Å². The van der Waals surface area contributed by atoms with Gasteiger partial charge in [0, 0.05) is 6.42 Å². The standard InChI is InChI=1S/C4H6OS/c1-2-3-4(5)6/h2H,1,3H2,(H,5,6). The Labute approximate surface area is 42.5 Å². The minimum absolute atomic E-state index is 0.134. The Morgan fingerprint density at radius 3 is 2.50 bits per heavy atom. The molecule has 0 amide bonds. The maximum atomic E-state index is 9.84. The number of allylic oxidation sites excluding steroid dienone is 1. The fourth-order valence-electron chi connectivity index (χ4n) is 0.123. The molecule has 2 heteroatoms. The van der Waals surface area contributed by atoms with Crippen LogP contribution in [0.3, 0.4) is 0 Å². The summed E-state index contributed by atoms with van der Waals surface area (Å²) >= 11 is 3.47. The van der Waals surface area contributed by atoms with Crippen LogP contribution in [0.4, 0.5) is 0 Å². The first-order valence-corrected chi connectivity index (χ1v) is 2.04. The molecule has 0 aliphatic heterocycles. The molecule has 0 spiro atoms. The van der Waals surface area contributed by atoms with E-state index in [-0.39, 0.29) is 5.12 Å². The van der Waals surface area contributed by atoms with Gasteiger partial charge in [-0.2, -0.15) is 0 Å². The van der Waals surface area contributed by atoms with Gasteiger partial charge in [-0.1, -0.05) is 6.08 Å². The zero-order valence-electron chi connectivity index (χ0n) is 3.35. The predicted molar refractivity (Wildman–Crippen MR) is 28.8 cm³/mol. The first-order chi connectivity index (χ1) is 2.77. The van der Waals surface area contributed by atoms with Crippen molar-refractivity contribution in [2.45, 2.75) is 6.42 Å². The van der Waals surface area contributed by atoms with E-state index in [1.54, 1.807) is 0 Å². The molecule has 0 saturated heterocycles. The third-order valence-corrected chi connectivity index (χ3v) is 0.502. The second-order valence-corrected chi connectivity index (χ2v) is 1.39. The Morgan fingerprint density at radius 1 is 2.00 bits per heavy atom. The Hall–Kier alpha value is -0.240. The lowest BCUT2D eigenvalue weighted by Gasteiger charge is -1.74. The minimum atomic E-state index is -0.134. The summed E-state index contributed by atoms with van der Waals surface area (Å²) in [6, 6.07) is 0. The molecule has 0 aliphatic rings. The van der Waals surface area contributed by atoms with Gasteiger partial charge in [-0.05, 0) is 0 Å². The van der Waals surface area contributed by atoms with Crippen molar-refractivity contribution in [3.05, 3.63) is 12.7 Å². The van der Waals surface area contributed by atoms with Crippen LogP contribution in [0.2, 0.25) is 0 Å². The molecule has 0 aromatic carbocycles. The maximum absolute atomic E-state index is 9.84. The number of thiol groups is 1. The lowest BCUT2D eigenvalue weighted by Crippen LogP contribution is -1.77. The number of carbonyl (C=O) groups excluding carboxylic acids is 1. The van der Waals surface area contributed by atoms with Crippen LogP contribution in [0.5, 0.6) is 0 Å². The summed E-state index contributed by atoms with van der Waals surface area (Å²) in [5.74, 6) is 0. The smallest absolute Gasteiger partial charge is 0.189 e. The molecule has 0 rings (SSSR count). The number of hydrogen-bond acceptors (Lipinski definition) is 1. The fourth-order valence-corrected chi connectivity index (χ4v) is 0.253. The molecule has 0 aromatic rings. The highest BCUT2D eigenvalue weighted by Crippen LogP contribution is 1.84. The SMILES string of the molecule is C=CCC(=O)S. The van der Waals surface area contributed by atoms with Gasteiger partial charge in [0.15, 0.2) is 5.12 Å². The molecule has 0 aromatic heterocycles. The summed E-state index contributed by atoms with van der Waals surface area (Å²) < 4.78 is 0. The first kappa shape index (κ1) is 5.76. The van der Waals surface area contributed by atoms with E-state index in [9.17, 15) is 4.79 Å². The van der Waals surface area contributed by atoms with Crippen LogP contribution >= 0.6 is 12.6 Å². The monoisotopic (exact) mass is 102 g/mol. The molecule has 6 heavy (non-hydrogen) atoms. The molecule has 0 aliphatic carbocycles. The zero-order valence-corrected chi connectivity index (χ0v) is 4.24. The van der Waals surface area contributed by atoms with E-state index in [1.807, 2.05) is 0 Å². The molecule has 0 heterocycles. The third kappa shape index (κ3) is 3.76. The van der Waals surface area contributed by atoms with E-state index >= 15 is 0 Å². The molecule has 0 radical (unpaired) electrons. The van der Waals surface area contributed by atoms with Crippen LogP contribution in [-0.4, -0.2) is 5.12 Å². The van der Waals surface area contributed by atoms with E-state index in [4.69, 9.17) is 0 Å². The number of rotatable bonds is 2. The second kappa shape index (κ2) is 2.97. The molecule has 0 bridgehead atoms. The lowest BCUT2D eigenvalue weighted by molar-refractivity contribution is -0.110. The molecular formula is C4H6OS. The minimum Gasteiger partial charge on any atom is -0.287 e. The van der Waals surface area contributed by atoms with E-state index in [0.29, 0.717) is 6.42 Å². The van der Waals surface area contributed by atoms with Crippen molar-refractivity contribution in [1.29, 1.82) is 0 Å². The number of carbonyl (C=O) groups is 1. The Kier molecular flexibility index (Phi) is 2.85. The summed E-state index contributed by atoms with van der Waals surface area (Å²) in [5, 5.41) is -0.134. The van der Waals surface area contributed by atoms with Crippen molar-refractivity contribution >= 4 is 17.7 Å². The van der Waals surface area contributed by atoms with Gasteiger partial charge in [0.1, 0.15) is 0 Å². The van der Waals surface area contributed by atoms with Crippen molar-refractivity contribution in [3.63, 3.8) is 0 Å². The van der Waals surface area contributed by atoms with Crippen LogP contribution in [0.15, 0.2) is 12.7 Å². The van der Waals surface area contributed by atoms with Gasteiger partial charge in [0.2, 0.25) is 0 Å². The average Bonchev–Trinajstić information content (AvgIpc) is 1.35. The van der Waals surface area contributed by atoms with Crippen LogP contribution in [0.25, 0.3) is 0 Å². The van der Waals surface area contributed by atoms with Crippen molar-refractivity contribution in [2.24, 2.45) is 0 Å². The summed E-state index contributed by atoms with van der Waals surface area (Å²) in [4.78, 5) is 9.84. The molecular weight excluding hydrogens is 96.1 g/mol. The molecule has 0 fully saturated rings. The Balaban J connectivity index is 3.05. The topological polar surface area (TPSA) is 17.1 Å². The molecule has 0 atom stereocenters. The van der Waals surface area contributed by atoms with Crippen LogP contribution in [0, 0.1) is 0 Å². The van der Waals surface area contributed by atoms with Gasteiger partial charge in [0.25, 0.3) is 0 Å².